The molecule has 1 rings (SSSR count). The van der Waals surface area contributed by atoms with Crippen molar-refractivity contribution in [3.05, 3.63) is 24.3 Å². The summed E-state index contributed by atoms with van der Waals surface area (Å²) >= 11 is 0. The van der Waals surface area contributed by atoms with Crippen molar-refractivity contribution in [2.45, 2.75) is 19.8 Å². The van der Waals surface area contributed by atoms with Gasteiger partial charge in [-0.1, -0.05) is 13.3 Å². The summed E-state index contributed by atoms with van der Waals surface area (Å²) < 4.78 is 5.00. The summed E-state index contributed by atoms with van der Waals surface area (Å²) in [6.45, 7) is 2.54. The van der Waals surface area contributed by atoms with Gasteiger partial charge >= 0.3 is 11.8 Å². The number of ether oxygens (including phenoxy) is 1. The van der Waals surface area contributed by atoms with Crippen LogP contribution in [0.4, 0.5) is 5.69 Å². The van der Waals surface area contributed by atoms with E-state index in [9.17, 15) is 9.59 Å². The van der Waals surface area contributed by atoms with E-state index in [1.807, 2.05) is 6.92 Å². The number of carbonyl (C=O) groups excluding carboxylic acids is 2. The fourth-order valence-corrected chi connectivity index (χ4v) is 1.32. The van der Waals surface area contributed by atoms with Gasteiger partial charge in [0.25, 0.3) is 0 Å². The average Bonchev–Trinajstić information content (AvgIpc) is 2.39. The first kappa shape index (κ1) is 14.0. The van der Waals surface area contributed by atoms with E-state index in [0.29, 0.717) is 18.0 Å². The predicted octanol–water partition coefficient (Wildman–Crippen LogP) is 1.55. The maximum atomic E-state index is 11.5. The topological polar surface area (TPSA) is 67.4 Å². The average molecular weight is 250 g/mol. The van der Waals surface area contributed by atoms with Crippen LogP contribution in [0.25, 0.3) is 0 Å². The number of anilines is 1. The van der Waals surface area contributed by atoms with E-state index < -0.39 is 11.8 Å². The molecule has 1 aromatic carbocycles. The van der Waals surface area contributed by atoms with Gasteiger partial charge in [-0.2, -0.15) is 0 Å². The Morgan fingerprint density at radius 1 is 1.17 bits per heavy atom. The molecule has 0 fully saturated rings. The normalized spacial score (nSPS) is 9.67. The Morgan fingerprint density at radius 2 is 1.83 bits per heavy atom. The molecule has 5 heteroatoms. The molecule has 2 N–H and O–H groups in total. The Labute approximate surface area is 107 Å². The molecule has 0 saturated carbocycles. The first-order chi connectivity index (χ1) is 8.67. The number of hydrogen-bond acceptors (Lipinski definition) is 3. The van der Waals surface area contributed by atoms with Crippen molar-refractivity contribution in [1.82, 2.24) is 5.32 Å². The van der Waals surface area contributed by atoms with Crippen LogP contribution in [0.15, 0.2) is 24.3 Å². The molecule has 0 bridgehead atoms. The fraction of sp³-hybridized carbons (Fsp3) is 0.385. The predicted molar refractivity (Wildman–Crippen MR) is 69.5 cm³/mol. The van der Waals surface area contributed by atoms with E-state index >= 15 is 0 Å². The first-order valence-electron chi connectivity index (χ1n) is 5.90. The van der Waals surface area contributed by atoms with Crippen LogP contribution in [-0.2, 0) is 9.59 Å². The molecule has 0 atom stereocenters. The van der Waals surface area contributed by atoms with Crippen LogP contribution in [0.5, 0.6) is 5.75 Å². The van der Waals surface area contributed by atoms with Gasteiger partial charge in [0.1, 0.15) is 5.75 Å². The number of amides is 2. The highest BCUT2D eigenvalue weighted by Crippen LogP contribution is 2.14. The van der Waals surface area contributed by atoms with Crippen molar-refractivity contribution >= 4 is 17.5 Å². The molecule has 0 radical (unpaired) electrons. The van der Waals surface area contributed by atoms with Crippen molar-refractivity contribution in [2.75, 3.05) is 19.0 Å². The number of unbranched alkanes of at least 4 members (excludes halogenated alkanes) is 1. The SMILES string of the molecule is CCCCNC(=O)C(=O)Nc1ccc(OC)cc1. The zero-order valence-electron chi connectivity index (χ0n) is 10.7. The van der Waals surface area contributed by atoms with Crippen molar-refractivity contribution < 1.29 is 14.3 Å². The van der Waals surface area contributed by atoms with Crippen LogP contribution in [-0.4, -0.2) is 25.5 Å². The van der Waals surface area contributed by atoms with E-state index in [2.05, 4.69) is 10.6 Å². The van der Waals surface area contributed by atoms with E-state index in [-0.39, 0.29) is 0 Å². The lowest BCUT2D eigenvalue weighted by Crippen LogP contribution is -2.35. The summed E-state index contributed by atoms with van der Waals surface area (Å²) in [5.41, 5.74) is 0.562. The number of nitrogens with one attached hydrogen (secondary N) is 2. The van der Waals surface area contributed by atoms with Gasteiger partial charge < -0.3 is 15.4 Å². The molecule has 2 amide bonds. The zero-order valence-corrected chi connectivity index (χ0v) is 10.7. The van der Waals surface area contributed by atoms with Gasteiger partial charge in [0.05, 0.1) is 7.11 Å². The summed E-state index contributed by atoms with van der Waals surface area (Å²) in [6, 6.07) is 6.78. The van der Waals surface area contributed by atoms with Gasteiger partial charge in [-0.3, -0.25) is 9.59 Å². The highest BCUT2D eigenvalue weighted by Gasteiger charge is 2.12. The maximum absolute atomic E-state index is 11.5. The third-order valence-corrected chi connectivity index (χ3v) is 2.37. The maximum Gasteiger partial charge on any atom is 0.313 e. The van der Waals surface area contributed by atoms with E-state index in [1.165, 1.54) is 0 Å². The Hall–Kier alpha value is -2.04. The second-order valence-corrected chi connectivity index (χ2v) is 3.79. The molecule has 0 aliphatic heterocycles. The standard InChI is InChI=1S/C13H18N2O3/c1-3-4-9-14-12(16)13(17)15-10-5-7-11(18-2)8-6-10/h5-8H,3-4,9H2,1-2H3,(H,14,16)(H,15,17). The van der Waals surface area contributed by atoms with Crippen LogP contribution in [0.1, 0.15) is 19.8 Å². The van der Waals surface area contributed by atoms with Crippen LogP contribution in [0.3, 0.4) is 0 Å². The van der Waals surface area contributed by atoms with Gasteiger partial charge in [0, 0.05) is 12.2 Å². The molecule has 5 nitrogen and oxygen atoms in total. The van der Waals surface area contributed by atoms with Crippen molar-refractivity contribution in [3.63, 3.8) is 0 Å². The summed E-state index contributed by atoms with van der Waals surface area (Å²) in [5, 5.41) is 5.06. The van der Waals surface area contributed by atoms with Gasteiger partial charge in [-0.15, -0.1) is 0 Å². The molecule has 0 aliphatic carbocycles. The van der Waals surface area contributed by atoms with Crippen LogP contribution in [0.2, 0.25) is 0 Å². The lowest BCUT2D eigenvalue weighted by Gasteiger charge is -2.06. The molecular formula is C13H18N2O3. The van der Waals surface area contributed by atoms with Crippen molar-refractivity contribution in [2.24, 2.45) is 0 Å². The minimum absolute atomic E-state index is 0.519. The lowest BCUT2D eigenvalue weighted by molar-refractivity contribution is -0.136. The monoisotopic (exact) mass is 250 g/mol. The largest absolute Gasteiger partial charge is 0.497 e. The third-order valence-electron chi connectivity index (χ3n) is 2.37. The lowest BCUT2D eigenvalue weighted by atomic mass is 10.3. The van der Waals surface area contributed by atoms with Crippen LogP contribution >= 0.6 is 0 Å². The smallest absolute Gasteiger partial charge is 0.313 e. The summed E-state index contributed by atoms with van der Waals surface area (Å²) in [6.07, 6.45) is 1.84. The first-order valence-corrected chi connectivity index (χ1v) is 5.90. The summed E-state index contributed by atoms with van der Waals surface area (Å²) in [7, 11) is 1.56. The van der Waals surface area contributed by atoms with Crippen LogP contribution in [0, 0.1) is 0 Å². The number of hydrogen-bond donors (Lipinski definition) is 2. The van der Waals surface area contributed by atoms with E-state index in [0.717, 1.165) is 12.8 Å². The summed E-state index contributed by atoms with van der Waals surface area (Å²) in [5.74, 6) is -0.573. The molecule has 0 unspecified atom stereocenters. The van der Waals surface area contributed by atoms with Gasteiger partial charge in [0.2, 0.25) is 0 Å². The molecule has 0 aliphatic rings. The molecule has 0 aromatic heterocycles. The Bertz CT molecular complexity index is 401. The third kappa shape index (κ3) is 4.45. The van der Waals surface area contributed by atoms with E-state index in [4.69, 9.17) is 4.74 Å². The molecule has 0 heterocycles. The van der Waals surface area contributed by atoms with Gasteiger partial charge in [0.15, 0.2) is 0 Å². The minimum atomic E-state index is -0.656. The second kappa shape index (κ2) is 7.32. The number of carbonyl (C=O) groups is 2. The molecular weight excluding hydrogens is 232 g/mol. The Balaban J connectivity index is 2.45. The molecule has 1 aromatic rings. The highest BCUT2D eigenvalue weighted by atomic mass is 16.5. The van der Waals surface area contributed by atoms with Gasteiger partial charge in [-0.05, 0) is 30.7 Å². The Morgan fingerprint density at radius 3 is 2.39 bits per heavy atom. The number of rotatable bonds is 5. The highest BCUT2D eigenvalue weighted by molar-refractivity contribution is 6.39. The van der Waals surface area contributed by atoms with Crippen LogP contribution < -0.4 is 15.4 Å². The minimum Gasteiger partial charge on any atom is -0.497 e. The molecule has 98 valence electrons. The fourth-order valence-electron chi connectivity index (χ4n) is 1.32. The number of methoxy groups -OCH3 is 1. The molecule has 0 spiro atoms. The Kier molecular flexibility index (Phi) is 5.70. The molecule has 18 heavy (non-hydrogen) atoms. The number of benzene rings is 1. The van der Waals surface area contributed by atoms with Crippen molar-refractivity contribution in [3.8, 4) is 5.75 Å². The quantitative estimate of drug-likeness (QED) is 0.615. The van der Waals surface area contributed by atoms with Gasteiger partial charge in [-0.25, -0.2) is 0 Å². The molecule has 0 saturated heterocycles. The zero-order chi connectivity index (χ0) is 13.4. The van der Waals surface area contributed by atoms with E-state index in [1.54, 1.807) is 31.4 Å². The van der Waals surface area contributed by atoms with Crippen molar-refractivity contribution in [1.29, 1.82) is 0 Å². The summed E-state index contributed by atoms with van der Waals surface area (Å²) in [4.78, 5) is 22.9. The second-order valence-electron chi connectivity index (χ2n) is 3.79.